The fourth-order valence-corrected chi connectivity index (χ4v) is 6.81. The van der Waals surface area contributed by atoms with Gasteiger partial charge in [-0.05, 0) is 71.8 Å². The van der Waals surface area contributed by atoms with E-state index < -0.39 is 63.7 Å². The van der Waals surface area contributed by atoms with Crippen molar-refractivity contribution >= 4 is 28.0 Å². The van der Waals surface area contributed by atoms with Crippen molar-refractivity contribution in [2.24, 2.45) is 0 Å². The molecular weight excluding hydrogens is 879 g/mol. The molecular formula is C41H47N7O16S. The number of carbonyl (C=O) groups is 2. The van der Waals surface area contributed by atoms with Crippen LogP contribution in [0.5, 0.6) is 23.1 Å². The van der Waals surface area contributed by atoms with Crippen molar-refractivity contribution in [1.82, 2.24) is 30.7 Å². The number of sulfonamides is 1. The summed E-state index contributed by atoms with van der Waals surface area (Å²) in [6, 6.07) is 20.0. The Balaban J connectivity index is 1.57. The van der Waals surface area contributed by atoms with Crippen LogP contribution in [0.25, 0.3) is 11.6 Å². The number of ether oxygens (including phenoxy) is 6. The fraction of sp³-hybridized carbons (Fsp3) is 0.317. The van der Waals surface area contributed by atoms with Crippen molar-refractivity contribution in [3.63, 3.8) is 0 Å². The van der Waals surface area contributed by atoms with Crippen LogP contribution < -0.4 is 18.5 Å². The minimum atomic E-state index is -4.75. The van der Waals surface area contributed by atoms with Crippen LogP contribution in [0, 0.1) is 0 Å². The van der Waals surface area contributed by atoms with Gasteiger partial charge in [0.15, 0.2) is 29.9 Å². The molecule has 3 aromatic carbocycles. The number of hydrogen-bond donors (Lipinski definition) is 4. The predicted molar refractivity (Wildman–Crippen MR) is 221 cm³/mol. The summed E-state index contributed by atoms with van der Waals surface area (Å²) < 4.78 is 64.3. The lowest BCUT2D eigenvalue weighted by Gasteiger charge is -2.26. The highest BCUT2D eigenvalue weighted by molar-refractivity contribution is 7.92. The summed E-state index contributed by atoms with van der Waals surface area (Å²) >= 11 is 0. The Hall–Kier alpha value is -6.61. The minimum Gasteiger partial charge on any atom is -0.493 e. The Morgan fingerprint density at radius 3 is 2.09 bits per heavy atom. The molecule has 4 N–H and O–H groups in total. The van der Waals surface area contributed by atoms with E-state index in [-0.39, 0.29) is 78.3 Å². The number of esters is 1. The van der Waals surface area contributed by atoms with Crippen molar-refractivity contribution in [3.05, 3.63) is 108 Å². The molecule has 0 unspecified atom stereocenters. The highest BCUT2D eigenvalue weighted by Gasteiger charge is 2.35. The molecule has 5 rings (SSSR count). The second-order valence-corrected chi connectivity index (χ2v) is 16.2. The summed E-state index contributed by atoms with van der Waals surface area (Å²) in [6.07, 6.45) is 1.98. The number of hydrogen-bond acceptors (Lipinski definition) is 22. The first kappa shape index (κ1) is 49.4. The second kappa shape index (κ2) is 23.4. The predicted octanol–water partition coefficient (Wildman–Crippen LogP) is 5.88. The third kappa shape index (κ3) is 14.4. The van der Waals surface area contributed by atoms with Crippen LogP contribution in [-0.2, 0) is 45.9 Å². The topological polar surface area (TPSA) is 284 Å². The van der Waals surface area contributed by atoms with Gasteiger partial charge in [-0.15, -0.1) is 0 Å². The van der Waals surface area contributed by atoms with Crippen LogP contribution in [0.2, 0.25) is 0 Å². The van der Waals surface area contributed by atoms with E-state index >= 15 is 0 Å². The third-order valence-corrected chi connectivity index (χ3v) is 10.5. The third-order valence-electron chi connectivity index (χ3n) is 8.74. The van der Waals surface area contributed by atoms with E-state index in [1.165, 1.54) is 62.0 Å². The molecule has 348 valence electrons. The summed E-state index contributed by atoms with van der Waals surface area (Å²) in [5.41, 5.74) is 0.997. The Labute approximate surface area is 372 Å². The molecule has 0 aliphatic carbocycles. The molecule has 0 aliphatic heterocycles. The van der Waals surface area contributed by atoms with Crippen LogP contribution in [-0.4, -0.2) is 112 Å². The zero-order chi connectivity index (χ0) is 47.0. The molecule has 65 heavy (non-hydrogen) atoms. The van der Waals surface area contributed by atoms with Gasteiger partial charge in [0, 0.05) is 12.4 Å². The average molecular weight is 926 g/mol. The molecule has 0 spiro atoms. The lowest BCUT2D eigenvalue weighted by molar-refractivity contribution is -0.497. The summed E-state index contributed by atoms with van der Waals surface area (Å²) in [7, 11) is -3.37. The van der Waals surface area contributed by atoms with Crippen LogP contribution >= 0.6 is 0 Å². The Kier molecular flexibility index (Phi) is 17.8. The summed E-state index contributed by atoms with van der Waals surface area (Å²) in [5, 5.41) is 34.3. The van der Waals surface area contributed by atoms with Crippen molar-refractivity contribution in [1.29, 1.82) is 0 Å². The number of anilines is 1. The molecule has 0 radical (unpaired) electrons. The van der Waals surface area contributed by atoms with Gasteiger partial charge in [-0.25, -0.2) is 42.1 Å². The number of nitrogens with zero attached hydrogens (tertiary/aromatic N) is 7. The maximum Gasteiger partial charge on any atom is 0.510 e. The number of para-hydroxylation sites is 2. The van der Waals surface area contributed by atoms with E-state index in [1.54, 1.807) is 36.4 Å². The van der Waals surface area contributed by atoms with Gasteiger partial charge >= 0.3 is 12.1 Å². The number of unbranched alkanes of at least 4 members (excludes halogenated alkanes) is 1. The van der Waals surface area contributed by atoms with Crippen molar-refractivity contribution in [3.8, 4) is 34.8 Å². The lowest BCUT2D eigenvalue weighted by atomic mass is 9.87. The molecule has 24 heteroatoms. The van der Waals surface area contributed by atoms with Crippen molar-refractivity contribution in [2.75, 3.05) is 44.6 Å². The van der Waals surface area contributed by atoms with E-state index in [1.807, 2.05) is 20.8 Å². The van der Waals surface area contributed by atoms with Crippen molar-refractivity contribution < 1.29 is 76.9 Å². The van der Waals surface area contributed by atoms with Crippen LogP contribution in [0.3, 0.4) is 0 Å². The van der Waals surface area contributed by atoms with E-state index in [0.717, 1.165) is 5.56 Å². The molecule has 23 nitrogen and oxygen atoms in total. The fourth-order valence-electron chi connectivity index (χ4n) is 5.54. The first-order valence-corrected chi connectivity index (χ1v) is 20.9. The van der Waals surface area contributed by atoms with Gasteiger partial charge in [0.25, 0.3) is 15.9 Å². The van der Waals surface area contributed by atoms with E-state index in [0.29, 0.717) is 9.87 Å². The highest BCUT2D eigenvalue weighted by Crippen LogP contribution is 2.43. The highest BCUT2D eigenvalue weighted by atomic mass is 32.2. The Morgan fingerprint density at radius 1 is 0.723 bits per heavy atom. The molecule has 2 aromatic heterocycles. The molecule has 0 atom stereocenters. The molecule has 2 heterocycles. The standard InChI is InChI=1S/C41H47N7O16S/c1-41(2,3)30-15-17-31(18-16-30)65(55,56)46(27-61-40(50)60-21-7-8-22-62-47(51)52)37-34(64-33-14-6-5-13-32(33)57-4)38(45-36(44-37)35-42-19-10-20-43-35)58-23-24-59-39(49)29-12-9-11-28(25-29)26-63-48(53)54/h5-6,9-20,25,51-54H,7-8,21-24,26-27H2,1-4H3. The summed E-state index contributed by atoms with van der Waals surface area (Å²) in [4.78, 5) is 52.4. The first-order valence-electron chi connectivity index (χ1n) is 19.5. The van der Waals surface area contributed by atoms with Gasteiger partial charge < -0.3 is 28.4 Å². The number of benzene rings is 3. The first-order chi connectivity index (χ1) is 31.1. The van der Waals surface area contributed by atoms with E-state index in [4.69, 9.17) is 49.3 Å². The van der Waals surface area contributed by atoms with Gasteiger partial charge in [0.1, 0.15) is 13.2 Å². The number of aromatic nitrogens is 4. The minimum absolute atomic E-state index is 0.0518. The Morgan fingerprint density at radius 2 is 1.42 bits per heavy atom. The molecule has 0 saturated carbocycles. The molecule has 0 fully saturated rings. The lowest BCUT2D eigenvalue weighted by Crippen LogP contribution is -2.36. The summed E-state index contributed by atoms with van der Waals surface area (Å²) in [5.74, 6) is -2.21. The molecule has 0 bridgehead atoms. The van der Waals surface area contributed by atoms with E-state index in [2.05, 4.69) is 29.6 Å². The van der Waals surface area contributed by atoms with Gasteiger partial charge in [-0.1, -0.05) is 57.2 Å². The quantitative estimate of drug-likeness (QED) is 0.0257. The SMILES string of the molecule is COc1ccccc1Oc1c(OCCOC(=O)c2cccc(CON(O)O)c2)nc(-c2ncccn2)nc1N(COC(=O)OCCCCON(O)O)S(=O)(=O)c1ccc(C(C)(C)C)cc1. The number of carbonyl (C=O) groups excluding carboxylic acids is 2. The van der Waals surface area contributed by atoms with E-state index in [9.17, 15) is 18.0 Å². The molecule has 0 saturated heterocycles. The zero-order valence-corrected chi connectivity index (χ0v) is 36.4. The monoisotopic (exact) mass is 925 g/mol. The maximum atomic E-state index is 14.9. The molecule has 0 aliphatic rings. The zero-order valence-electron chi connectivity index (χ0n) is 35.5. The Bertz CT molecular complexity index is 2440. The van der Waals surface area contributed by atoms with Gasteiger partial charge in [-0.3, -0.25) is 25.7 Å². The van der Waals surface area contributed by atoms with Gasteiger partial charge in [-0.2, -0.15) is 4.98 Å². The normalized spacial score (nSPS) is 11.6. The van der Waals surface area contributed by atoms with Crippen LogP contribution in [0.4, 0.5) is 10.6 Å². The van der Waals surface area contributed by atoms with Crippen LogP contribution in [0.1, 0.15) is 55.1 Å². The molecule has 5 aromatic rings. The average Bonchev–Trinajstić information content (AvgIpc) is 3.29. The summed E-state index contributed by atoms with van der Waals surface area (Å²) in [6.45, 7) is 3.46. The van der Waals surface area contributed by atoms with Gasteiger partial charge in [0.05, 0.1) is 48.2 Å². The van der Waals surface area contributed by atoms with Gasteiger partial charge in [0.2, 0.25) is 11.6 Å². The number of methoxy groups -OCH3 is 1. The largest absolute Gasteiger partial charge is 0.510 e. The van der Waals surface area contributed by atoms with Crippen molar-refractivity contribution in [2.45, 2.75) is 50.5 Å². The number of rotatable bonds is 23. The molecule has 0 amide bonds. The smallest absolute Gasteiger partial charge is 0.493 e. The second-order valence-electron chi connectivity index (χ2n) is 14.3. The van der Waals surface area contributed by atoms with Crippen LogP contribution in [0.15, 0.2) is 96.2 Å². The maximum absolute atomic E-state index is 14.9.